The molecule has 1 N–H and O–H groups in total. The van der Waals surface area contributed by atoms with Gasteiger partial charge in [0.05, 0.1) is 5.92 Å². The topological polar surface area (TPSA) is 37.3 Å². The summed E-state index contributed by atoms with van der Waals surface area (Å²) in [5.41, 5.74) is 0. The second kappa shape index (κ2) is 3.69. The van der Waals surface area contributed by atoms with Gasteiger partial charge in [0.15, 0.2) is 0 Å². The Hall–Kier alpha value is -0.530. The van der Waals surface area contributed by atoms with Crippen molar-refractivity contribution in [2.45, 2.75) is 44.9 Å². The molecule has 0 bridgehead atoms. The van der Waals surface area contributed by atoms with Crippen LogP contribution in [0.1, 0.15) is 44.9 Å². The third kappa shape index (κ3) is 2.45. The predicted molar refractivity (Wildman–Crippen MR) is 50.4 cm³/mol. The summed E-state index contributed by atoms with van der Waals surface area (Å²) in [5.74, 6) is 1.25. The quantitative estimate of drug-likeness (QED) is 0.728. The highest BCUT2D eigenvalue weighted by molar-refractivity contribution is 5.69. The first-order valence-electron chi connectivity index (χ1n) is 5.48. The van der Waals surface area contributed by atoms with Gasteiger partial charge in [-0.2, -0.15) is 0 Å². The Labute approximate surface area is 79.3 Å². The lowest BCUT2D eigenvalue weighted by Crippen LogP contribution is -2.21. The first kappa shape index (κ1) is 9.04. The van der Waals surface area contributed by atoms with Gasteiger partial charge in [0.1, 0.15) is 0 Å². The van der Waals surface area contributed by atoms with Crippen LogP contribution in [0, 0.1) is 17.8 Å². The van der Waals surface area contributed by atoms with E-state index in [-0.39, 0.29) is 5.92 Å². The van der Waals surface area contributed by atoms with Gasteiger partial charge in [-0.1, -0.05) is 12.8 Å². The van der Waals surface area contributed by atoms with Gasteiger partial charge in [-0.3, -0.25) is 4.79 Å². The molecule has 0 aromatic rings. The summed E-state index contributed by atoms with van der Waals surface area (Å²) in [7, 11) is 0. The molecular weight excluding hydrogens is 164 g/mol. The average molecular weight is 182 g/mol. The second-order valence-electron chi connectivity index (χ2n) is 4.73. The fraction of sp³-hybridized carbons (Fsp3) is 0.909. The zero-order valence-electron chi connectivity index (χ0n) is 8.04. The van der Waals surface area contributed by atoms with Crippen molar-refractivity contribution < 1.29 is 9.90 Å². The van der Waals surface area contributed by atoms with Gasteiger partial charge < -0.3 is 5.11 Å². The fourth-order valence-corrected chi connectivity index (χ4v) is 2.47. The molecule has 0 radical (unpaired) electrons. The van der Waals surface area contributed by atoms with Gasteiger partial charge >= 0.3 is 5.97 Å². The number of carbonyl (C=O) groups is 1. The first-order chi connectivity index (χ1) is 6.25. The molecule has 2 heteroatoms. The standard InChI is InChI=1S/C11H18O2/c12-11(13)10-5-3-9(4-6-10)7-8-1-2-8/h8-10H,1-7H2,(H,12,13). The van der Waals surface area contributed by atoms with E-state index in [4.69, 9.17) is 5.11 Å². The molecule has 2 fully saturated rings. The molecule has 0 unspecified atom stereocenters. The minimum absolute atomic E-state index is 0.0320. The normalized spacial score (nSPS) is 34.5. The minimum Gasteiger partial charge on any atom is -0.481 e. The van der Waals surface area contributed by atoms with Gasteiger partial charge in [0, 0.05) is 0 Å². The third-order valence-electron chi connectivity index (χ3n) is 3.56. The lowest BCUT2D eigenvalue weighted by molar-refractivity contribution is -0.143. The van der Waals surface area contributed by atoms with E-state index in [1.165, 1.54) is 19.3 Å². The van der Waals surface area contributed by atoms with Gasteiger partial charge in [-0.25, -0.2) is 0 Å². The summed E-state index contributed by atoms with van der Waals surface area (Å²) in [6.07, 6.45) is 8.41. The van der Waals surface area contributed by atoms with Crippen LogP contribution in [0.4, 0.5) is 0 Å². The Morgan fingerprint density at radius 3 is 1.85 bits per heavy atom. The van der Waals surface area contributed by atoms with Crippen LogP contribution in [-0.2, 0) is 4.79 Å². The van der Waals surface area contributed by atoms with E-state index >= 15 is 0 Å². The van der Waals surface area contributed by atoms with Crippen LogP contribution < -0.4 is 0 Å². The molecule has 2 aliphatic rings. The number of aliphatic carboxylic acids is 1. The lowest BCUT2D eigenvalue weighted by atomic mass is 9.80. The van der Waals surface area contributed by atoms with E-state index in [0.717, 1.165) is 37.5 Å². The maximum absolute atomic E-state index is 10.7. The Morgan fingerprint density at radius 2 is 1.46 bits per heavy atom. The van der Waals surface area contributed by atoms with Crippen molar-refractivity contribution in [3.8, 4) is 0 Å². The Balaban J connectivity index is 1.71. The number of hydrogen-bond acceptors (Lipinski definition) is 1. The van der Waals surface area contributed by atoms with Crippen molar-refractivity contribution in [3.05, 3.63) is 0 Å². The maximum atomic E-state index is 10.7. The minimum atomic E-state index is -0.579. The van der Waals surface area contributed by atoms with Crippen molar-refractivity contribution in [1.82, 2.24) is 0 Å². The van der Waals surface area contributed by atoms with E-state index in [1.54, 1.807) is 0 Å². The third-order valence-corrected chi connectivity index (χ3v) is 3.56. The van der Waals surface area contributed by atoms with Gasteiger partial charge in [-0.05, 0) is 43.9 Å². The highest BCUT2D eigenvalue weighted by atomic mass is 16.4. The number of hydrogen-bond donors (Lipinski definition) is 1. The predicted octanol–water partition coefficient (Wildman–Crippen LogP) is 2.68. The van der Waals surface area contributed by atoms with Crippen LogP contribution in [-0.4, -0.2) is 11.1 Å². The van der Waals surface area contributed by atoms with Crippen molar-refractivity contribution in [1.29, 1.82) is 0 Å². The monoisotopic (exact) mass is 182 g/mol. The molecule has 0 spiro atoms. The van der Waals surface area contributed by atoms with Crippen LogP contribution in [0.2, 0.25) is 0 Å². The first-order valence-corrected chi connectivity index (χ1v) is 5.48. The fourth-order valence-electron chi connectivity index (χ4n) is 2.47. The molecule has 0 atom stereocenters. The molecule has 0 aromatic heterocycles. The Kier molecular flexibility index (Phi) is 2.56. The van der Waals surface area contributed by atoms with Crippen LogP contribution in [0.3, 0.4) is 0 Å². The largest absolute Gasteiger partial charge is 0.481 e. The summed E-state index contributed by atoms with van der Waals surface area (Å²) in [4.78, 5) is 10.7. The molecule has 0 amide bonds. The van der Waals surface area contributed by atoms with E-state index in [1.807, 2.05) is 0 Å². The van der Waals surface area contributed by atoms with Crippen LogP contribution in [0.25, 0.3) is 0 Å². The van der Waals surface area contributed by atoms with Crippen molar-refractivity contribution in [2.75, 3.05) is 0 Å². The van der Waals surface area contributed by atoms with Crippen LogP contribution in [0.5, 0.6) is 0 Å². The molecular formula is C11H18O2. The van der Waals surface area contributed by atoms with E-state index in [0.29, 0.717) is 0 Å². The average Bonchev–Trinajstić information content (AvgIpc) is 2.89. The van der Waals surface area contributed by atoms with Gasteiger partial charge in [0.25, 0.3) is 0 Å². The van der Waals surface area contributed by atoms with Gasteiger partial charge in [-0.15, -0.1) is 0 Å². The summed E-state index contributed by atoms with van der Waals surface area (Å²) < 4.78 is 0. The summed E-state index contributed by atoms with van der Waals surface area (Å²) in [6.45, 7) is 0. The lowest BCUT2D eigenvalue weighted by Gasteiger charge is -2.25. The molecule has 2 saturated carbocycles. The zero-order valence-corrected chi connectivity index (χ0v) is 8.04. The van der Waals surface area contributed by atoms with Crippen molar-refractivity contribution in [3.63, 3.8) is 0 Å². The number of rotatable bonds is 3. The summed E-state index contributed by atoms with van der Waals surface area (Å²) in [5, 5.41) is 8.82. The molecule has 0 saturated heterocycles. The molecule has 0 aromatic carbocycles. The molecule has 2 nitrogen and oxygen atoms in total. The Bertz CT molecular complexity index is 188. The maximum Gasteiger partial charge on any atom is 0.306 e. The molecule has 0 aliphatic heterocycles. The summed E-state index contributed by atoms with van der Waals surface area (Å²) in [6, 6.07) is 0. The SMILES string of the molecule is O=C(O)C1CCC(CC2CC2)CC1. The molecule has 74 valence electrons. The number of carboxylic acids is 1. The van der Waals surface area contributed by atoms with Crippen molar-refractivity contribution in [2.24, 2.45) is 17.8 Å². The molecule has 2 rings (SSSR count). The molecule has 0 heterocycles. The highest BCUT2D eigenvalue weighted by Gasteiger charge is 2.30. The molecule has 13 heavy (non-hydrogen) atoms. The highest BCUT2D eigenvalue weighted by Crippen LogP contribution is 2.40. The molecule has 2 aliphatic carbocycles. The van der Waals surface area contributed by atoms with Crippen LogP contribution in [0.15, 0.2) is 0 Å². The van der Waals surface area contributed by atoms with Gasteiger partial charge in [0.2, 0.25) is 0 Å². The smallest absolute Gasteiger partial charge is 0.306 e. The summed E-state index contributed by atoms with van der Waals surface area (Å²) >= 11 is 0. The second-order valence-corrected chi connectivity index (χ2v) is 4.73. The van der Waals surface area contributed by atoms with Crippen LogP contribution >= 0.6 is 0 Å². The Morgan fingerprint density at radius 1 is 1.00 bits per heavy atom. The van der Waals surface area contributed by atoms with E-state index in [2.05, 4.69) is 0 Å². The zero-order chi connectivity index (χ0) is 9.26. The van der Waals surface area contributed by atoms with E-state index < -0.39 is 5.97 Å². The van der Waals surface area contributed by atoms with Crippen molar-refractivity contribution >= 4 is 5.97 Å². The van der Waals surface area contributed by atoms with E-state index in [9.17, 15) is 4.79 Å². The number of carboxylic acid groups (broad SMARTS) is 1.